The highest BCUT2D eigenvalue weighted by molar-refractivity contribution is 5.50. The molecule has 0 unspecified atom stereocenters. The van der Waals surface area contributed by atoms with Gasteiger partial charge in [-0.2, -0.15) is 0 Å². The third-order valence-corrected chi connectivity index (χ3v) is 8.85. The van der Waals surface area contributed by atoms with E-state index in [0.29, 0.717) is 6.54 Å². The zero-order valence-corrected chi connectivity index (χ0v) is 19.9. The van der Waals surface area contributed by atoms with Crippen LogP contribution < -0.4 is 4.90 Å². The highest BCUT2D eigenvalue weighted by Gasteiger charge is 2.51. The Morgan fingerprint density at radius 2 is 1.18 bits per heavy atom. The maximum absolute atomic E-state index is 10.9. The number of aromatic hydroxyl groups is 2. The highest BCUT2D eigenvalue weighted by atomic mass is 16.3. The van der Waals surface area contributed by atoms with Crippen LogP contribution in [0.2, 0.25) is 0 Å². The van der Waals surface area contributed by atoms with Crippen LogP contribution in [0.25, 0.3) is 0 Å². The molecule has 3 N–H and O–H groups in total. The number of quaternary nitrogens is 1. The number of rotatable bonds is 7. The summed E-state index contributed by atoms with van der Waals surface area (Å²) in [4.78, 5) is 1.36. The first-order valence-electron chi connectivity index (χ1n) is 13.0. The molecule has 3 aromatic rings. The molecule has 4 fully saturated rings. The van der Waals surface area contributed by atoms with Crippen molar-refractivity contribution in [3.63, 3.8) is 0 Å². The number of benzene rings is 3. The summed E-state index contributed by atoms with van der Waals surface area (Å²) in [6.45, 7) is 2.43. The summed E-state index contributed by atoms with van der Waals surface area (Å²) >= 11 is 0. The molecule has 3 heteroatoms. The van der Waals surface area contributed by atoms with Crippen LogP contribution in [0.4, 0.5) is 0 Å². The molecule has 4 bridgehead atoms. The lowest BCUT2D eigenvalue weighted by molar-refractivity contribution is -0.941. The Morgan fingerprint density at radius 1 is 0.676 bits per heavy atom. The van der Waals surface area contributed by atoms with Crippen LogP contribution in [-0.2, 0) is 25.0 Å². The largest absolute Gasteiger partial charge is 0.504 e. The van der Waals surface area contributed by atoms with Crippen molar-refractivity contribution in [1.29, 1.82) is 0 Å². The van der Waals surface area contributed by atoms with Crippen LogP contribution in [0.3, 0.4) is 0 Å². The summed E-state index contributed by atoms with van der Waals surface area (Å²) in [5.41, 5.74) is 4.93. The summed E-state index contributed by atoms with van der Waals surface area (Å²) in [7, 11) is 0. The maximum Gasteiger partial charge on any atom is 0.166 e. The normalized spacial score (nSPS) is 27.4. The van der Waals surface area contributed by atoms with E-state index in [4.69, 9.17) is 0 Å². The van der Waals surface area contributed by atoms with Gasteiger partial charge in [-0.05, 0) is 79.4 Å². The molecule has 34 heavy (non-hydrogen) atoms. The molecule has 3 nitrogen and oxygen atoms in total. The lowest BCUT2D eigenvalue weighted by atomic mass is 9.48. The molecule has 0 heterocycles. The van der Waals surface area contributed by atoms with Gasteiger partial charge in [-0.3, -0.25) is 0 Å². The van der Waals surface area contributed by atoms with Crippen molar-refractivity contribution in [2.45, 2.75) is 63.6 Å². The van der Waals surface area contributed by atoms with Crippen LogP contribution in [0.15, 0.2) is 72.8 Å². The molecule has 0 amide bonds. The van der Waals surface area contributed by atoms with Crippen molar-refractivity contribution in [3.8, 4) is 11.5 Å². The summed E-state index contributed by atoms with van der Waals surface area (Å²) in [6, 6.07) is 25.3. The summed E-state index contributed by atoms with van der Waals surface area (Å²) in [6.07, 6.45) is 7.99. The van der Waals surface area contributed by atoms with E-state index in [9.17, 15) is 10.2 Å². The second kappa shape index (κ2) is 8.78. The first-order chi connectivity index (χ1) is 16.6. The quantitative estimate of drug-likeness (QED) is 0.421. The molecule has 4 aliphatic rings. The minimum atomic E-state index is 0.0574. The third kappa shape index (κ3) is 4.22. The summed E-state index contributed by atoms with van der Waals surface area (Å²) in [5.74, 6) is 2.67. The van der Waals surface area contributed by atoms with Crippen molar-refractivity contribution in [2.24, 2.45) is 17.8 Å². The standard InChI is InChI=1S/C31H35NO2/c33-29-15-28(31-16-24-11-25(17-31)13-26(12-24)18-31)14-27(30(29)34)21-32(19-22-7-3-1-4-8-22)20-23-9-5-2-6-10-23/h1-10,14-15,24-26,33-34H,11-13,16-21H2/p+1. The average Bonchev–Trinajstić information content (AvgIpc) is 2.82. The number of hydrogen-bond donors (Lipinski definition) is 3. The molecule has 0 aromatic heterocycles. The van der Waals surface area contributed by atoms with E-state index in [2.05, 4.69) is 66.7 Å². The Labute approximate surface area is 203 Å². The average molecular weight is 455 g/mol. The molecule has 0 saturated heterocycles. The first kappa shape index (κ1) is 21.7. The maximum atomic E-state index is 10.9. The SMILES string of the molecule is Oc1cc(C23CC4CC(CC(C4)C2)C3)cc(C[NH+](Cc2ccccc2)Cc2ccccc2)c1O. The van der Waals surface area contributed by atoms with Gasteiger partial charge < -0.3 is 15.1 Å². The van der Waals surface area contributed by atoms with Gasteiger partial charge in [0.05, 0.1) is 5.56 Å². The first-order valence-corrected chi connectivity index (χ1v) is 13.0. The monoisotopic (exact) mass is 454 g/mol. The van der Waals surface area contributed by atoms with Gasteiger partial charge in [0.2, 0.25) is 0 Å². The highest BCUT2D eigenvalue weighted by Crippen LogP contribution is 2.61. The number of nitrogens with one attached hydrogen (secondary N) is 1. The lowest BCUT2D eigenvalue weighted by Crippen LogP contribution is -3.08. The van der Waals surface area contributed by atoms with Crippen molar-refractivity contribution < 1.29 is 15.1 Å². The van der Waals surface area contributed by atoms with Gasteiger partial charge in [-0.25, -0.2) is 0 Å². The second-order valence-electron chi connectivity index (χ2n) is 11.5. The molecule has 7 rings (SSSR count). The Morgan fingerprint density at radius 3 is 1.68 bits per heavy atom. The van der Waals surface area contributed by atoms with E-state index in [0.717, 1.165) is 36.4 Å². The van der Waals surface area contributed by atoms with Crippen LogP contribution in [-0.4, -0.2) is 10.2 Å². The zero-order valence-electron chi connectivity index (χ0n) is 19.9. The van der Waals surface area contributed by atoms with Crippen LogP contribution in [0, 0.1) is 17.8 Å². The predicted octanol–water partition coefficient (Wildman–Crippen LogP) is 5.35. The fourth-order valence-electron chi connectivity index (χ4n) is 7.81. The molecule has 3 aromatic carbocycles. The van der Waals surface area contributed by atoms with Gasteiger partial charge >= 0.3 is 0 Å². The Kier molecular flexibility index (Phi) is 5.61. The van der Waals surface area contributed by atoms with Crippen molar-refractivity contribution in [3.05, 3.63) is 95.1 Å². The number of hydrogen-bond acceptors (Lipinski definition) is 2. The van der Waals surface area contributed by atoms with Gasteiger partial charge in [0.15, 0.2) is 11.5 Å². The van der Waals surface area contributed by atoms with Gasteiger partial charge in [-0.1, -0.05) is 60.7 Å². The van der Waals surface area contributed by atoms with Crippen LogP contribution in [0.1, 0.15) is 60.8 Å². The second-order valence-corrected chi connectivity index (χ2v) is 11.5. The smallest absolute Gasteiger partial charge is 0.166 e. The molecule has 0 aliphatic heterocycles. The van der Waals surface area contributed by atoms with Crippen LogP contribution in [0.5, 0.6) is 11.5 Å². The van der Waals surface area contributed by atoms with Crippen molar-refractivity contribution >= 4 is 0 Å². The van der Waals surface area contributed by atoms with Crippen molar-refractivity contribution in [2.75, 3.05) is 0 Å². The van der Waals surface area contributed by atoms with Crippen LogP contribution >= 0.6 is 0 Å². The Balaban J connectivity index is 1.32. The minimum absolute atomic E-state index is 0.0574. The molecule has 0 spiro atoms. The lowest BCUT2D eigenvalue weighted by Gasteiger charge is -2.57. The Bertz CT molecular complexity index is 1060. The molecular weight excluding hydrogens is 418 g/mol. The fraction of sp³-hybridized carbons (Fsp3) is 0.419. The van der Waals surface area contributed by atoms with Crippen molar-refractivity contribution in [1.82, 2.24) is 0 Å². The van der Waals surface area contributed by atoms with E-state index in [1.54, 1.807) is 0 Å². The van der Waals surface area contributed by atoms with Gasteiger partial charge in [0, 0.05) is 11.1 Å². The fourth-order valence-corrected chi connectivity index (χ4v) is 7.81. The Hall–Kier alpha value is -2.78. The summed E-state index contributed by atoms with van der Waals surface area (Å²) < 4.78 is 0. The minimum Gasteiger partial charge on any atom is -0.504 e. The summed E-state index contributed by atoms with van der Waals surface area (Å²) in [5, 5.41) is 21.7. The molecule has 4 aliphatic carbocycles. The third-order valence-electron chi connectivity index (χ3n) is 8.85. The zero-order chi connectivity index (χ0) is 23.1. The number of phenolic OH excluding ortho intramolecular Hbond substituents is 2. The van der Waals surface area contributed by atoms with E-state index in [1.165, 1.54) is 60.1 Å². The topological polar surface area (TPSA) is 44.9 Å². The molecule has 176 valence electrons. The molecule has 0 atom stereocenters. The number of phenols is 2. The van der Waals surface area contributed by atoms with Gasteiger partial charge in [-0.15, -0.1) is 0 Å². The van der Waals surface area contributed by atoms with E-state index < -0.39 is 0 Å². The van der Waals surface area contributed by atoms with E-state index in [1.807, 2.05) is 6.07 Å². The molecule has 4 saturated carbocycles. The van der Waals surface area contributed by atoms with Gasteiger partial charge in [0.1, 0.15) is 19.6 Å². The van der Waals surface area contributed by atoms with E-state index in [-0.39, 0.29) is 16.9 Å². The van der Waals surface area contributed by atoms with Gasteiger partial charge in [0.25, 0.3) is 0 Å². The van der Waals surface area contributed by atoms with E-state index >= 15 is 0 Å². The molecular formula is C31H36NO2+. The predicted molar refractivity (Wildman–Crippen MR) is 135 cm³/mol. The molecule has 0 radical (unpaired) electrons.